The number of rotatable bonds is 5. The third-order valence-electron chi connectivity index (χ3n) is 4.49. The van der Waals surface area contributed by atoms with Gasteiger partial charge in [-0.25, -0.2) is 13.2 Å². The lowest BCUT2D eigenvalue weighted by Crippen LogP contribution is -2.16. The van der Waals surface area contributed by atoms with Crippen molar-refractivity contribution in [2.45, 2.75) is 51.9 Å². The monoisotopic (exact) mass is 314 g/mol. The van der Waals surface area contributed by atoms with Gasteiger partial charge >= 0.3 is 5.97 Å². The van der Waals surface area contributed by atoms with Crippen molar-refractivity contribution < 1.29 is 22.7 Å². The van der Waals surface area contributed by atoms with Crippen LogP contribution < -0.4 is 4.74 Å². The van der Waals surface area contributed by atoms with Gasteiger partial charge in [0.05, 0.1) is 0 Å². The summed E-state index contributed by atoms with van der Waals surface area (Å²) >= 11 is 0. The quantitative estimate of drug-likeness (QED) is 0.434. The molecule has 1 aliphatic carbocycles. The van der Waals surface area contributed by atoms with Gasteiger partial charge in [0.1, 0.15) is 5.75 Å². The summed E-state index contributed by atoms with van der Waals surface area (Å²) in [7, 11) is 0. The van der Waals surface area contributed by atoms with Crippen LogP contribution in [0, 0.1) is 29.3 Å². The predicted octanol–water partition coefficient (Wildman–Crippen LogP) is 5.01. The number of hydrogen-bond acceptors (Lipinski definition) is 2. The van der Waals surface area contributed by atoms with Gasteiger partial charge in [0.25, 0.3) is 0 Å². The molecule has 1 fully saturated rings. The van der Waals surface area contributed by atoms with Crippen LogP contribution in [-0.2, 0) is 4.79 Å². The van der Waals surface area contributed by atoms with E-state index in [1.54, 1.807) is 0 Å². The fourth-order valence-corrected chi connectivity index (χ4v) is 3.02. The number of carbonyl (C=O) groups is 1. The van der Waals surface area contributed by atoms with E-state index in [-0.39, 0.29) is 12.2 Å². The van der Waals surface area contributed by atoms with Crippen LogP contribution in [0.25, 0.3) is 0 Å². The molecule has 5 heteroatoms. The summed E-state index contributed by atoms with van der Waals surface area (Å²) in [5, 5.41) is 0. The standard InChI is InChI=1S/C17H21F3O2/c1-2-11-3-5-12(6-4-11)7-8-16(21)22-13-9-14(18)17(20)15(19)10-13/h9-12H,2-8H2,1H3. The molecule has 22 heavy (non-hydrogen) atoms. The molecule has 0 saturated heterocycles. The van der Waals surface area contributed by atoms with E-state index in [9.17, 15) is 18.0 Å². The number of carbonyl (C=O) groups excluding carboxylic acids is 1. The molecule has 0 aromatic heterocycles. The van der Waals surface area contributed by atoms with Crippen LogP contribution in [0.2, 0.25) is 0 Å². The van der Waals surface area contributed by atoms with Crippen molar-refractivity contribution in [1.82, 2.24) is 0 Å². The highest BCUT2D eigenvalue weighted by Gasteiger charge is 2.21. The summed E-state index contributed by atoms with van der Waals surface area (Å²) in [6.07, 6.45) is 6.77. The Morgan fingerprint density at radius 1 is 1.09 bits per heavy atom. The highest BCUT2D eigenvalue weighted by molar-refractivity contribution is 5.72. The third-order valence-corrected chi connectivity index (χ3v) is 4.49. The Morgan fingerprint density at radius 2 is 1.64 bits per heavy atom. The summed E-state index contributed by atoms with van der Waals surface area (Å²) in [5.74, 6) is -3.81. The Morgan fingerprint density at radius 3 is 2.18 bits per heavy atom. The van der Waals surface area contributed by atoms with Crippen LogP contribution in [0.15, 0.2) is 12.1 Å². The average molecular weight is 314 g/mol. The molecule has 2 nitrogen and oxygen atoms in total. The molecule has 0 unspecified atom stereocenters. The van der Waals surface area contributed by atoms with Gasteiger partial charge in [0, 0.05) is 18.6 Å². The predicted molar refractivity (Wildman–Crippen MR) is 76.9 cm³/mol. The van der Waals surface area contributed by atoms with Crippen molar-refractivity contribution in [1.29, 1.82) is 0 Å². The van der Waals surface area contributed by atoms with E-state index in [1.807, 2.05) is 0 Å². The van der Waals surface area contributed by atoms with Gasteiger partial charge in [-0.2, -0.15) is 0 Å². The minimum Gasteiger partial charge on any atom is -0.426 e. The van der Waals surface area contributed by atoms with Crippen molar-refractivity contribution >= 4 is 5.97 Å². The van der Waals surface area contributed by atoms with E-state index >= 15 is 0 Å². The first-order chi connectivity index (χ1) is 10.5. The SMILES string of the molecule is CCC1CCC(CCC(=O)Oc2cc(F)c(F)c(F)c2)CC1. The van der Waals surface area contributed by atoms with Crippen molar-refractivity contribution in [3.63, 3.8) is 0 Å². The smallest absolute Gasteiger partial charge is 0.311 e. The minimum absolute atomic E-state index is 0.210. The van der Waals surface area contributed by atoms with E-state index in [0.29, 0.717) is 18.1 Å². The lowest BCUT2D eigenvalue weighted by Gasteiger charge is -2.27. The number of hydrogen-bond donors (Lipinski definition) is 0. The Balaban J connectivity index is 1.79. The fraction of sp³-hybridized carbons (Fsp3) is 0.588. The molecule has 0 amide bonds. The second kappa shape index (κ2) is 7.65. The van der Waals surface area contributed by atoms with E-state index in [4.69, 9.17) is 4.74 Å². The number of halogens is 3. The van der Waals surface area contributed by atoms with E-state index in [1.165, 1.54) is 19.3 Å². The lowest BCUT2D eigenvalue weighted by atomic mass is 9.79. The van der Waals surface area contributed by atoms with Crippen LogP contribution in [0.4, 0.5) is 13.2 Å². The lowest BCUT2D eigenvalue weighted by molar-refractivity contribution is -0.134. The van der Waals surface area contributed by atoms with E-state index in [0.717, 1.165) is 25.2 Å². The first kappa shape index (κ1) is 16.8. The van der Waals surface area contributed by atoms with Gasteiger partial charge in [-0.3, -0.25) is 4.79 Å². The number of esters is 1. The maximum atomic E-state index is 13.0. The molecule has 0 aliphatic heterocycles. The molecule has 0 bridgehead atoms. The van der Waals surface area contributed by atoms with Gasteiger partial charge in [-0.05, 0) is 18.3 Å². The Hall–Kier alpha value is -1.52. The van der Waals surface area contributed by atoms with Crippen molar-refractivity contribution in [3.05, 3.63) is 29.6 Å². The third kappa shape index (κ3) is 4.49. The summed E-state index contributed by atoms with van der Waals surface area (Å²) in [5.41, 5.74) is 0. The topological polar surface area (TPSA) is 26.3 Å². The Bertz CT molecular complexity index is 500. The molecule has 0 atom stereocenters. The second-order valence-corrected chi connectivity index (χ2v) is 6.01. The number of ether oxygens (including phenoxy) is 1. The first-order valence-corrected chi connectivity index (χ1v) is 7.84. The van der Waals surface area contributed by atoms with Gasteiger partial charge in [-0.1, -0.05) is 39.0 Å². The summed E-state index contributed by atoms with van der Waals surface area (Å²) in [4.78, 5) is 11.7. The number of benzene rings is 1. The summed E-state index contributed by atoms with van der Waals surface area (Å²) < 4.78 is 43.8. The van der Waals surface area contributed by atoms with Crippen molar-refractivity contribution in [2.24, 2.45) is 11.8 Å². The van der Waals surface area contributed by atoms with E-state index in [2.05, 4.69) is 6.92 Å². The van der Waals surface area contributed by atoms with Gasteiger partial charge in [-0.15, -0.1) is 0 Å². The van der Waals surface area contributed by atoms with Gasteiger partial charge < -0.3 is 4.74 Å². The molecular weight excluding hydrogens is 293 g/mol. The Labute approximate surface area is 128 Å². The molecule has 0 heterocycles. The molecule has 122 valence electrons. The molecule has 1 aromatic rings. The highest BCUT2D eigenvalue weighted by atomic mass is 19.2. The van der Waals surface area contributed by atoms with Gasteiger partial charge in [0.2, 0.25) is 0 Å². The van der Waals surface area contributed by atoms with Crippen LogP contribution in [-0.4, -0.2) is 5.97 Å². The van der Waals surface area contributed by atoms with E-state index < -0.39 is 23.4 Å². The van der Waals surface area contributed by atoms with Crippen LogP contribution in [0.1, 0.15) is 51.9 Å². The maximum absolute atomic E-state index is 13.0. The molecule has 0 spiro atoms. The van der Waals surface area contributed by atoms with Crippen LogP contribution >= 0.6 is 0 Å². The zero-order valence-electron chi connectivity index (χ0n) is 12.7. The summed E-state index contributed by atoms with van der Waals surface area (Å²) in [6, 6.07) is 1.37. The molecule has 1 aromatic carbocycles. The molecule has 1 aliphatic rings. The average Bonchev–Trinajstić information content (AvgIpc) is 2.51. The zero-order valence-corrected chi connectivity index (χ0v) is 12.7. The fourth-order valence-electron chi connectivity index (χ4n) is 3.02. The minimum atomic E-state index is -1.56. The molecule has 1 saturated carbocycles. The zero-order chi connectivity index (χ0) is 16.1. The largest absolute Gasteiger partial charge is 0.426 e. The Kier molecular flexibility index (Phi) is 5.86. The maximum Gasteiger partial charge on any atom is 0.311 e. The van der Waals surface area contributed by atoms with Gasteiger partial charge in [0.15, 0.2) is 17.5 Å². The molecule has 2 rings (SSSR count). The van der Waals surface area contributed by atoms with Crippen molar-refractivity contribution in [2.75, 3.05) is 0 Å². The normalized spacial score (nSPS) is 21.6. The first-order valence-electron chi connectivity index (χ1n) is 7.84. The summed E-state index contributed by atoms with van der Waals surface area (Å²) in [6.45, 7) is 2.20. The van der Waals surface area contributed by atoms with Crippen molar-refractivity contribution in [3.8, 4) is 5.75 Å². The molecule has 0 radical (unpaired) electrons. The van der Waals surface area contributed by atoms with Crippen LogP contribution in [0.5, 0.6) is 5.75 Å². The molecular formula is C17H21F3O2. The second-order valence-electron chi connectivity index (χ2n) is 6.01. The highest BCUT2D eigenvalue weighted by Crippen LogP contribution is 2.33. The van der Waals surface area contributed by atoms with Crippen LogP contribution in [0.3, 0.4) is 0 Å². The molecule has 0 N–H and O–H groups in total.